The van der Waals surface area contributed by atoms with Crippen LogP contribution in [-0.4, -0.2) is 36.8 Å². The van der Waals surface area contributed by atoms with E-state index in [2.05, 4.69) is 0 Å². The lowest BCUT2D eigenvalue weighted by molar-refractivity contribution is -0.146. The Hall–Kier alpha value is -1.60. The molecule has 0 saturated carbocycles. The molecule has 2 heterocycles. The summed E-state index contributed by atoms with van der Waals surface area (Å²) >= 11 is 6.34. The maximum Gasteiger partial charge on any atom is 0.327 e. The van der Waals surface area contributed by atoms with Gasteiger partial charge in [0.1, 0.15) is 10.4 Å². The molecule has 0 aliphatic carbocycles. The zero-order valence-corrected chi connectivity index (χ0v) is 13.6. The summed E-state index contributed by atoms with van der Waals surface area (Å²) in [7, 11) is 1.88. The number of rotatable bonds is 4. The molecule has 1 fully saturated rings. The van der Waals surface area contributed by atoms with Crippen molar-refractivity contribution in [2.45, 2.75) is 19.9 Å². The molecule has 1 atom stereocenters. The predicted octanol–water partition coefficient (Wildman–Crippen LogP) is 2.34. The first-order chi connectivity index (χ1) is 9.82. The van der Waals surface area contributed by atoms with Gasteiger partial charge in [-0.3, -0.25) is 9.69 Å². The molecule has 1 aliphatic heterocycles. The fourth-order valence-electron chi connectivity index (χ4n) is 2.17. The first-order valence-corrected chi connectivity index (χ1v) is 7.66. The molecule has 0 unspecified atom stereocenters. The number of hydrogen-bond donors (Lipinski definition) is 1. The number of carboxylic acid groups (broad SMARTS) is 1. The van der Waals surface area contributed by atoms with Crippen molar-refractivity contribution in [1.82, 2.24) is 9.47 Å². The number of carboxylic acids is 1. The number of thioether (sulfide) groups is 1. The third-order valence-corrected chi connectivity index (χ3v) is 4.58. The number of aryl methyl sites for hydroxylation is 1. The van der Waals surface area contributed by atoms with Gasteiger partial charge in [0.05, 0.1) is 4.91 Å². The van der Waals surface area contributed by atoms with Gasteiger partial charge in [0, 0.05) is 18.9 Å². The Morgan fingerprint density at radius 1 is 1.48 bits per heavy atom. The minimum atomic E-state index is -1.04. The zero-order valence-electron chi connectivity index (χ0n) is 11.9. The molecule has 5 nitrogen and oxygen atoms in total. The lowest BCUT2D eigenvalue weighted by Gasteiger charge is -2.26. The van der Waals surface area contributed by atoms with Gasteiger partial charge < -0.3 is 9.67 Å². The molecule has 7 heteroatoms. The van der Waals surface area contributed by atoms with Crippen LogP contribution in [0.1, 0.15) is 19.5 Å². The smallest absolute Gasteiger partial charge is 0.327 e. The number of hydrogen-bond acceptors (Lipinski definition) is 4. The van der Waals surface area contributed by atoms with Gasteiger partial charge in [-0.1, -0.05) is 37.8 Å². The fourth-order valence-corrected chi connectivity index (χ4v) is 3.49. The van der Waals surface area contributed by atoms with Crippen molar-refractivity contribution < 1.29 is 14.7 Å². The fraction of sp³-hybridized carbons (Fsp3) is 0.357. The summed E-state index contributed by atoms with van der Waals surface area (Å²) in [5.74, 6) is -1.60. The standard InChI is InChI=1S/C14H16N2O3S2/c1-8(2)11(13(18)19)16-12(17)10(21-14(16)20)7-9-5-4-6-15(9)3/h4-8,11H,1-3H3,(H,18,19)/b10-7-/t11-/m0/s1. The number of carbonyl (C=O) groups is 2. The molecule has 1 aromatic rings. The van der Waals surface area contributed by atoms with Crippen molar-refractivity contribution in [3.8, 4) is 0 Å². The van der Waals surface area contributed by atoms with Crippen LogP contribution < -0.4 is 0 Å². The number of aromatic nitrogens is 1. The van der Waals surface area contributed by atoms with Gasteiger partial charge in [-0.05, 0) is 24.1 Å². The molecular formula is C14H16N2O3S2. The van der Waals surface area contributed by atoms with Crippen molar-refractivity contribution in [2.75, 3.05) is 0 Å². The molecule has 1 saturated heterocycles. The van der Waals surface area contributed by atoms with Gasteiger partial charge in [0.2, 0.25) is 0 Å². The van der Waals surface area contributed by atoms with Gasteiger partial charge in [-0.25, -0.2) is 4.79 Å². The van der Waals surface area contributed by atoms with E-state index >= 15 is 0 Å². The maximum absolute atomic E-state index is 12.5. The Bertz CT molecular complexity index is 634. The van der Waals surface area contributed by atoms with Gasteiger partial charge in [-0.15, -0.1) is 0 Å². The molecule has 1 amide bonds. The third kappa shape index (κ3) is 3.03. The average molecular weight is 324 g/mol. The molecule has 1 aliphatic rings. The summed E-state index contributed by atoms with van der Waals surface area (Å²) < 4.78 is 2.17. The summed E-state index contributed by atoms with van der Waals surface area (Å²) in [5, 5.41) is 9.34. The highest BCUT2D eigenvalue weighted by molar-refractivity contribution is 8.26. The van der Waals surface area contributed by atoms with E-state index in [1.165, 1.54) is 4.90 Å². The van der Waals surface area contributed by atoms with Gasteiger partial charge >= 0.3 is 5.97 Å². The topological polar surface area (TPSA) is 62.5 Å². The van der Waals surface area contributed by atoms with Crippen LogP contribution >= 0.6 is 24.0 Å². The molecule has 2 rings (SSSR count). The van der Waals surface area contributed by atoms with E-state index in [1.54, 1.807) is 19.9 Å². The minimum Gasteiger partial charge on any atom is -0.480 e. The highest BCUT2D eigenvalue weighted by atomic mass is 32.2. The van der Waals surface area contributed by atoms with E-state index in [1.807, 2.05) is 29.9 Å². The van der Waals surface area contributed by atoms with Gasteiger partial charge in [0.15, 0.2) is 0 Å². The Balaban J connectivity index is 2.34. The summed E-state index contributed by atoms with van der Waals surface area (Å²) in [6.07, 6.45) is 3.61. The Morgan fingerprint density at radius 3 is 2.62 bits per heavy atom. The van der Waals surface area contributed by atoms with E-state index in [9.17, 15) is 14.7 Å². The van der Waals surface area contributed by atoms with Crippen LogP contribution in [-0.2, 0) is 16.6 Å². The second-order valence-corrected chi connectivity index (χ2v) is 6.80. The first kappa shape index (κ1) is 15.8. The van der Waals surface area contributed by atoms with E-state index in [0.29, 0.717) is 9.23 Å². The summed E-state index contributed by atoms with van der Waals surface area (Å²) in [4.78, 5) is 25.6. The lowest BCUT2D eigenvalue weighted by atomic mass is 10.0. The summed E-state index contributed by atoms with van der Waals surface area (Å²) in [6.45, 7) is 3.52. The number of aliphatic carboxylic acids is 1. The first-order valence-electron chi connectivity index (χ1n) is 6.44. The van der Waals surface area contributed by atoms with Crippen molar-refractivity contribution in [1.29, 1.82) is 0 Å². The predicted molar refractivity (Wildman–Crippen MR) is 86.7 cm³/mol. The van der Waals surface area contributed by atoms with Crippen molar-refractivity contribution in [3.63, 3.8) is 0 Å². The van der Waals surface area contributed by atoms with Crippen LogP contribution in [0.15, 0.2) is 23.2 Å². The third-order valence-electron chi connectivity index (χ3n) is 3.25. The second kappa shape index (κ2) is 6.03. The van der Waals surface area contributed by atoms with Gasteiger partial charge in [0.25, 0.3) is 5.91 Å². The van der Waals surface area contributed by atoms with E-state index in [0.717, 1.165) is 17.5 Å². The number of amides is 1. The van der Waals surface area contributed by atoms with Crippen molar-refractivity contribution in [3.05, 3.63) is 28.9 Å². The Labute approximate surface area is 132 Å². The summed E-state index contributed by atoms with van der Waals surface area (Å²) in [5.41, 5.74) is 0.868. The molecule has 1 aromatic heterocycles. The molecule has 21 heavy (non-hydrogen) atoms. The molecule has 0 bridgehead atoms. The number of thiocarbonyl (C=S) groups is 1. The van der Waals surface area contributed by atoms with Crippen LogP contribution in [0.4, 0.5) is 0 Å². The van der Waals surface area contributed by atoms with Crippen LogP contribution in [0, 0.1) is 5.92 Å². The Kier molecular flexibility index (Phi) is 4.53. The largest absolute Gasteiger partial charge is 0.480 e. The van der Waals surface area contributed by atoms with E-state index in [-0.39, 0.29) is 11.8 Å². The number of carbonyl (C=O) groups excluding carboxylic acids is 1. The van der Waals surface area contributed by atoms with Crippen LogP contribution in [0.3, 0.4) is 0 Å². The molecule has 0 spiro atoms. The minimum absolute atomic E-state index is 0.223. The molecular weight excluding hydrogens is 308 g/mol. The second-order valence-electron chi connectivity index (χ2n) is 5.12. The SMILES string of the molecule is CC(C)[C@@H](C(=O)O)N1C(=O)/C(=C/c2cccn2C)SC1=S. The van der Waals surface area contributed by atoms with Gasteiger partial charge in [-0.2, -0.15) is 0 Å². The van der Waals surface area contributed by atoms with Crippen molar-refractivity contribution >= 4 is 46.3 Å². The molecule has 0 aromatic carbocycles. The van der Waals surface area contributed by atoms with Crippen molar-refractivity contribution in [2.24, 2.45) is 13.0 Å². The quantitative estimate of drug-likeness (QED) is 0.680. The van der Waals surface area contributed by atoms with E-state index in [4.69, 9.17) is 12.2 Å². The zero-order chi connectivity index (χ0) is 15.7. The molecule has 112 valence electrons. The lowest BCUT2D eigenvalue weighted by Crippen LogP contribution is -2.47. The molecule has 1 N–H and O–H groups in total. The average Bonchev–Trinajstić information content (AvgIpc) is 2.88. The van der Waals surface area contributed by atoms with E-state index < -0.39 is 12.0 Å². The highest BCUT2D eigenvalue weighted by Crippen LogP contribution is 2.35. The van der Waals surface area contributed by atoms with Crippen LogP contribution in [0.2, 0.25) is 0 Å². The monoisotopic (exact) mass is 324 g/mol. The number of nitrogens with zero attached hydrogens (tertiary/aromatic N) is 2. The highest BCUT2D eigenvalue weighted by Gasteiger charge is 2.41. The molecule has 0 radical (unpaired) electrons. The van der Waals surface area contributed by atoms with Crippen LogP contribution in [0.5, 0.6) is 0 Å². The maximum atomic E-state index is 12.5. The normalized spacial score (nSPS) is 18.9. The van der Waals surface area contributed by atoms with Crippen LogP contribution in [0.25, 0.3) is 6.08 Å². The Morgan fingerprint density at radius 2 is 2.14 bits per heavy atom. The summed E-state index contributed by atoms with van der Waals surface area (Å²) in [6, 6.07) is 2.82.